The first kappa shape index (κ1) is 18.7. The molecule has 1 aliphatic rings. The predicted molar refractivity (Wildman–Crippen MR) is 110 cm³/mol. The molecular formula is C21H24N4O2S. The number of aromatic nitrogens is 2. The van der Waals surface area contributed by atoms with Gasteiger partial charge in [-0.1, -0.05) is 0 Å². The van der Waals surface area contributed by atoms with Crippen LogP contribution >= 0.6 is 11.3 Å². The number of ether oxygens (including phenoxy) is 1. The van der Waals surface area contributed by atoms with Crippen molar-refractivity contribution in [1.82, 2.24) is 20.4 Å². The molecule has 0 spiro atoms. The zero-order valence-corrected chi connectivity index (χ0v) is 16.7. The maximum absolute atomic E-state index is 13.1. The minimum atomic E-state index is -0.606. The van der Waals surface area contributed by atoms with Crippen molar-refractivity contribution in [3.63, 3.8) is 0 Å². The highest BCUT2D eigenvalue weighted by molar-refractivity contribution is 7.15. The number of benzene rings is 1. The van der Waals surface area contributed by atoms with Crippen LogP contribution in [0.4, 0.5) is 0 Å². The normalized spacial score (nSPS) is 15.9. The predicted octanol–water partition coefficient (Wildman–Crippen LogP) is 3.02. The summed E-state index contributed by atoms with van der Waals surface area (Å²) >= 11 is 1.69. The van der Waals surface area contributed by atoms with E-state index in [1.165, 1.54) is 4.88 Å². The van der Waals surface area contributed by atoms with Crippen LogP contribution in [0.3, 0.4) is 0 Å². The van der Waals surface area contributed by atoms with Crippen molar-refractivity contribution >= 4 is 17.2 Å². The van der Waals surface area contributed by atoms with Gasteiger partial charge in [0, 0.05) is 22.1 Å². The Bertz CT molecular complexity index is 912. The van der Waals surface area contributed by atoms with Crippen molar-refractivity contribution in [2.45, 2.75) is 24.9 Å². The summed E-state index contributed by atoms with van der Waals surface area (Å²) < 4.78 is 7.04. The van der Waals surface area contributed by atoms with Crippen LogP contribution in [0, 0.1) is 0 Å². The number of carbonyl (C=O) groups is 1. The minimum absolute atomic E-state index is 0.0390. The van der Waals surface area contributed by atoms with Gasteiger partial charge >= 0.3 is 0 Å². The first-order valence-electron chi connectivity index (χ1n) is 9.43. The van der Waals surface area contributed by atoms with Crippen molar-refractivity contribution in [2.75, 3.05) is 20.2 Å². The molecule has 1 aromatic carbocycles. The number of amides is 1. The Hall–Kier alpha value is -2.64. The molecule has 6 nitrogen and oxygen atoms in total. The summed E-state index contributed by atoms with van der Waals surface area (Å²) in [5, 5.41) is 10.8. The lowest BCUT2D eigenvalue weighted by Gasteiger charge is -2.36. The van der Waals surface area contributed by atoms with Gasteiger partial charge in [0.2, 0.25) is 5.91 Å². The Morgan fingerprint density at radius 2 is 2.04 bits per heavy atom. The first-order chi connectivity index (χ1) is 13.7. The number of thiophene rings is 1. The Kier molecular flexibility index (Phi) is 5.45. The lowest BCUT2D eigenvalue weighted by molar-refractivity contribution is -0.132. The molecule has 1 saturated heterocycles. The number of nitrogens with zero attached hydrogens (tertiary/aromatic N) is 2. The molecule has 0 atom stereocenters. The van der Waals surface area contributed by atoms with E-state index < -0.39 is 5.54 Å². The smallest absolute Gasteiger partial charge is 0.248 e. The average Bonchev–Trinajstić information content (AvgIpc) is 3.45. The van der Waals surface area contributed by atoms with Crippen LogP contribution in [0.15, 0.2) is 54.9 Å². The van der Waals surface area contributed by atoms with E-state index in [-0.39, 0.29) is 5.91 Å². The zero-order chi connectivity index (χ0) is 19.4. The third-order valence-corrected chi connectivity index (χ3v) is 6.39. The Labute approximate surface area is 168 Å². The summed E-state index contributed by atoms with van der Waals surface area (Å²) in [6.45, 7) is 2.15. The van der Waals surface area contributed by atoms with E-state index in [4.69, 9.17) is 4.74 Å². The summed E-state index contributed by atoms with van der Waals surface area (Å²) in [7, 11) is 1.67. The van der Waals surface area contributed by atoms with Crippen LogP contribution in [0.2, 0.25) is 0 Å². The third kappa shape index (κ3) is 3.68. The van der Waals surface area contributed by atoms with Gasteiger partial charge in [-0.2, -0.15) is 5.10 Å². The molecule has 0 unspecified atom stereocenters. The molecule has 1 fully saturated rings. The second-order valence-electron chi connectivity index (χ2n) is 6.91. The number of hydrogen-bond donors (Lipinski definition) is 2. The van der Waals surface area contributed by atoms with Crippen molar-refractivity contribution in [3.05, 3.63) is 59.7 Å². The summed E-state index contributed by atoms with van der Waals surface area (Å²) in [6.07, 6.45) is 5.10. The van der Waals surface area contributed by atoms with Gasteiger partial charge in [0.05, 0.1) is 13.7 Å². The summed E-state index contributed by atoms with van der Waals surface area (Å²) in [5.41, 5.74) is 0.542. The molecule has 4 rings (SSSR count). The van der Waals surface area contributed by atoms with Crippen molar-refractivity contribution in [2.24, 2.45) is 0 Å². The van der Waals surface area contributed by atoms with Crippen LogP contribution in [-0.2, 0) is 16.9 Å². The van der Waals surface area contributed by atoms with E-state index in [0.29, 0.717) is 6.54 Å². The molecule has 3 aromatic rings. The van der Waals surface area contributed by atoms with Crippen LogP contribution in [0.25, 0.3) is 10.4 Å². The van der Waals surface area contributed by atoms with Gasteiger partial charge in [-0.25, -0.2) is 0 Å². The number of carbonyl (C=O) groups excluding carboxylic acids is 1. The molecule has 28 heavy (non-hydrogen) atoms. The molecule has 3 heterocycles. The maximum atomic E-state index is 13.1. The number of rotatable bonds is 6. The van der Waals surface area contributed by atoms with E-state index in [1.807, 2.05) is 29.1 Å². The standard InChI is InChI=1S/C21H24N4O2S/c1-27-17-5-3-16(4-6-17)19-8-7-18(28-19)15-23-20(26)21(9-12-22-13-10-21)25-14-2-11-24-25/h2-8,11,14,22H,9-10,12-13,15H2,1H3,(H,23,26). The Balaban J connectivity index is 1.45. The quantitative estimate of drug-likeness (QED) is 0.672. The molecule has 0 saturated carbocycles. The second kappa shape index (κ2) is 8.16. The fourth-order valence-corrected chi connectivity index (χ4v) is 4.59. The molecule has 1 aliphatic heterocycles. The van der Waals surface area contributed by atoms with Gasteiger partial charge in [0.25, 0.3) is 0 Å². The highest BCUT2D eigenvalue weighted by Crippen LogP contribution is 2.30. The summed E-state index contributed by atoms with van der Waals surface area (Å²) in [6, 6.07) is 14.1. The molecule has 146 valence electrons. The van der Waals surface area contributed by atoms with Crippen LogP contribution in [0.1, 0.15) is 17.7 Å². The Morgan fingerprint density at radius 1 is 1.25 bits per heavy atom. The molecule has 0 bridgehead atoms. The maximum Gasteiger partial charge on any atom is 0.248 e. The van der Waals surface area contributed by atoms with Gasteiger partial charge in [-0.05, 0) is 74.0 Å². The molecule has 7 heteroatoms. The van der Waals surface area contributed by atoms with Gasteiger partial charge in [0.15, 0.2) is 0 Å². The third-order valence-electron chi connectivity index (χ3n) is 5.26. The van der Waals surface area contributed by atoms with E-state index in [0.717, 1.165) is 42.1 Å². The van der Waals surface area contributed by atoms with Crippen LogP contribution in [-0.4, -0.2) is 35.9 Å². The van der Waals surface area contributed by atoms with E-state index in [1.54, 1.807) is 24.6 Å². The summed E-state index contributed by atoms with van der Waals surface area (Å²) in [5.74, 6) is 0.885. The number of hydrogen-bond acceptors (Lipinski definition) is 5. The fourth-order valence-electron chi connectivity index (χ4n) is 3.64. The zero-order valence-electron chi connectivity index (χ0n) is 15.9. The highest BCUT2D eigenvalue weighted by Gasteiger charge is 2.41. The van der Waals surface area contributed by atoms with Crippen LogP contribution in [0.5, 0.6) is 5.75 Å². The van der Waals surface area contributed by atoms with Gasteiger partial charge in [-0.3, -0.25) is 9.48 Å². The van der Waals surface area contributed by atoms with Gasteiger partial charge < -0.3 is 15.4 Å². The monoisotopic (exact) mass is 396 g/mol. The number of piperidine rings is 1. The fraction of sp³-hybridized carbons (Fsp3) is 0.333. The molecule has 2 aromatic heterocycles. The van der Waals surface area contributed by atoms with Crippen molar-refractivity contribution < 1.29 is 9.53 Å². The van der Waals surface area contributed by atoms with Gasteiger partial charge in [0.1, 0.15) is 11.3 Å². The molecule has 2 N–H and O–H groups in total. The van der Waals surface area contributed by atoms with E-state index in [2.05, 4.69) is 40.0 Å². The molecule has 0 radical (unpaired) electrons. The second-order valence-corrected chi connectivity index (χ2v) is 8.08. The largest absolute Gasteiger partial charge is 0.497 e. The van der Waals surface area contributed by atoms with E-state index >= 15 is 0 Å². The van der Waals surface area contributed by atoms with Crippen molar-refractivity contribution in [1.29, 1.82) is 0 Å². The molecule has 0 aliphatic carbocycles. The topological polar surface area (TPSA) is 68.2 Å². The summed E-state index contributed by atoms with van der Waals surface area (Å²) in [4.78, 5) is 15.4. The molecule has 1 amide bonds. The number of nitrogens with one attached hydrogen (secondary N) is 2. The van der Waals surface area contributed by atoms with Crippen molar-refractivity contribution in [3.8, 4) is 16.2 Å². The Morgan fingerprint density at radius 3 is 2.71 bits per heavy atom. The highest BCUT2D eigenvalue weighted by atomic mass is 32.1. The van der Waals surface area contributed by atoms with E-state index in [9.17, 15) is 4.79 Å². The average molecular weight is 397 g/mol. The van der Waals surface area contributed by atoms with Crippen LogP contribution < -0.4 is 15.4 Å². The minimum Gasteiger partial charge on any atom is -0.497 e. The lowest BCUT2D eigenvalue weighted by atomic mass is 9.87. The number of methoxy groups -OCH3 is 1. The van der Waals surface area contributed by atoms with Gasteiger partial charge in [-0.15, -0.1) is 11.3 Å². The lowest BCUT2D eigenvalue weighted by Crippen LogP contribution is -2.54. The first-order valence-corrected chi connectivity index (χ1v) is 10.3. The molecular weight excluding hydrogens is 372 g/mol. The SMILES string of the molecule is COc1ccc(-c2ccc(CNC(=O)C3(n4cccn4)CCNCC3)s2)cc1.